The Balaban J connectivity index is 1.98. The zero-order chi connectivity index (χ0) is 17.5. The number of aryl methyl sites for hydroxylation is 1. The second kappa shape index (κ2) is 8.15. The number of nitrogens with one attached hydrogen (secondary N) is 1. The van der Waals surface area contributed by atoms with Gasteiger partial charge >= 0.3 is 0 Å². The number of hydrogen-bond donors (Lipinski definition) is 1. The van der Waals surface area contributed by atoms with Crippen molar-refractivity contribution in [3.8, 4) is 5.75 Å². The Morgan fingerprint density at radius 1 is 1.12 bits per heavy atom. The minimum absolute atomic E-state index is 0.00923. The van der Waals surface area contributed by atoms with Crippen LogP contribution >= 0.6 is 0 Å². The first kappa shape index (κ1) is 17.5. The van der Waals surface area contributed by atoms with Gasteiger partial charge < -0.3 is 15.0 Å². The first-order chi connectivity index (χ1) is 11.5. The molecule has 0 unspecified atom stereocenters. The van der Waals surface area contributed by atoms with Crippen LogP contribution in [0.4, 0.5) is 5.69 Å². The van der Waals surface area contributed by atoms with Gasteiger partial charge in [-0.2, -0.15) is 0 Å². The molecule has 2 rings (SSSR count). The van der Waals surface area contributed by atoms with Crippen LogP contribution in [0.15, 0.2) is 48.5 Å². The second-order valence-electron chi connectivity index (χ2n) is 5.64. The topological polar surface area (TPSA) is 58.6 Å². The van der Waals surface area contributed by atoms with Crippen LogP contribution in [-0.4, -0.2) is 30.4 Å². The van der Waals surface area contributed by atoms with E-state index in [1.165, 1.54) is 11.8 Å². The molecule has 0 spiro atoms. The van der Waals surface area contributed by atoms with Crippen molar-refractivity contribution in [2.75, 3.05) is 19.0 Å². The molecule has 0 bridgehead atoms. The van der Waals surface area contributed by atoms with E-state index < -0.39 is 0 Å². The van der Waals surface area contributed by atoms with Crippen molar-refractivity contribution >= 4 is 17.5 Å². The highest BCUT2D eigenvalue weighted by Crippen LogP contribution is 2.15. The monoisotopic (exact) mass is 326 g/mol. The highest BCUT2D eigenvalue weighted by Gasteiger charge is 2.14. The number of carbonyl (C=O) groups is 2. The Morgan fingerprint density at radius 2 is 1.83 bits per heavy atom. The van der Waals surface area contributed by atoms with Gasteiger partial charge in [0.05, 0.1) is 7.11 Å². The molecule has 0 saturated carbocycles. The van der Waals surface area contributed by atoms with E-state index in [9.17, 15) is 9.59 Å². The molecular formula is C19H22N2O3. The van der Waals surface area contributed by atoms with Crippen molar-refractivity contribution in [1.29, 1.82) is 0 Å². The third-order valence-electron chi connectivity index (χ3n) is 3.61. The summed E-state index contributed by atoms with van der Waals surface area (Å²) >= 11 is 0. The summed E-state index contributed by atoms with van der Waals surface area (Å²) < 4.78 is 5.08. The van der Waals surface area contributed by atoms with Gasteiger partial charge in [0, 0.05) is 19.2 Å². The molecule has 24 heavy (non-hydrogen) atoms. The predicted molar refractivity (Wildman–Crippen MR) is 93.9 cm³/mol. The lowest BCUT2D eigenvalue weighted by atomic mass is 10.1. The highest BCUT2D eigenvalue weighted by molar-refractivity contribution is 5.94. The van der Waals surface area contributed by atoms with Crippen molar-refractivity contribution in [1.82, 2.24) is 4.90 Å². The number of anilines is 1. The highest BCUT2D eigenvalue weighted by atomic mass is 16.5. The van der Waals surface area contributed by atoms with E-state index in [1.807, 2.05) is 31.2 Å². The maximum atomic E-state index is 12.2. The lowest BCUT2D eigenvalue weighted by Gasteiger charge is -2.21. The molecular weight excluding hydrogens is 304 g/mol. The zero-order valence-corrected chi connectivity index (χ0v) is 14.2. The Kier molecular flexibility index (Phi) is 5.95. The Bertz CT molecular complexity index is 711. The van der Waals surface area contributed by atoms with Crippen LogP contribution in [0.5, 0.6) is 5.75 Å². The Labute approximate surface area is 142 Å². The smallest absolute Gasteiger partial charge is 0.244 e. The number of benzene rings is 2. The van der Waals surface area contributed by atoms with Crippen LogP contribution in [-0.2, 0) is 16.1 Å². The van der Waals surface area contributed by atoms with Gasteiger partial charge in [0.1, 0.15) is 12.3 Å². The number of methoxy groups -OCH3 is 1. The van der Waals surface area contributed by atoms with E-state index >= 15 is 0 Å². The van der Waals surface area contributed by atoms with Gasteiger partial charge in [0.15, 0.2) is 0 Å². The third-order valence-corrected chi connectivity index (χ3v) is 3.61. The van der Waals surface area contributed by atoms with Crippen molar-refractivity contribution in [2.24, 2.45) is 0 Å². The molecule has 2 aromatic carbocycles. The first-order valence-electron chi connectivity index (χ1n) is 7.73. The molecule has 2 amide bonds. The molecule has 0 aliphatic rings. The number of hydrogen-bond acceptors (Lipinski definition) is 3. The maximum absolute atomic E-state index is 12.2. The fourth-order valence-electron chi connectivity index (χ4n) is 2.36. The molecule has 0 fully saturated rings. The third kappa shape index (κ3) is 5.12. The molecule has 0 heterocycles. The van der Waals surface area contributed by atoms with Crippen LogP contribution in [0.3, 0.4) is 0 Å². The molecule has 0 aliphatic heterocycles. The van der Waals surface area contributed by atoms with Crippen LogP contribution in [0.1, 0.15) is 18.1 Å². The average molecular weight is 326 g/mol. The molecule has 5 heteroatoms. The summed E-state index contributed by atoms with van der Waals surface area (Å²) in [5, 5.41) is 2.79. The normalized spacial score (nSPS) is 10.1. The fourth-order valence-corrected chi connectivity index (χ4v) is 2.36. The van der Waals surface area contributed by atoms with Crippen molar-refractivity contribution in [3.63, 3.8) is 0 Å². The Hall–Kier alpha value is -2.82. The van der Waals surface area contributed by atoms with Crippen LogP contribution in [0.2, 0.25) is 0 Å². The lowest BCUT2D eigenvalue weighted by Crippen LogP contribution is -2.36. The molecule has 2 aromatic rings. The minimum atomic E-state index is -0.233. The van der Waals surface area contributed by atoms with E-state index in [-0.39, 0.29) is 18.4 Å². The summed E-state index contributed by atoms with van der Waals surface area (Å²) in [5.74, 6) is 0.349. The fraction of sp³-hybridized carbons (Fsp3) is 0.263. The number of ether oxygens (including phenoxy) is 1. The quantitative estimate of drug-likeness (QED) is 0.888. The minimum Gasteiger partial charge on any atom is -0.497 e. The van der Waals surface area contributed by atoms with Crippen LogP contribution < -0.4 is 10.1 Å². The van der Waals surface area contributed by atoms with E-state index in [0.717, 1.165) is 16.9 Å². The molecule has 126 valence electrons. The van der Waals surface area contributed by atoms with E-state index in [0.29, 0.717) is 12.2 Å². The van der Waals surface area contributed by atoms with E-state index in [4.69, 9.17) is 4.74 Å². The summed E-state index contributed by atoms with van der Waals surface area (Å²) in [7, 11) is 1.59. The van der Waals surface area contributed by atoms with Gasteiger partial charge in [0.2, 0.25) is 11.8 Å². The largest absolute Gasteiger partial charge is 0.497 e. The molecule has 0 saturated heterocycles. The van der Waals surface area contributed by atoms with Gasteiger partial charge in [-0.15, -0.1) is 0 Å². The Morgan fingerprint density at radius 3 is 2.42 bits per heavy atom. The van der Waals surface area contributed by atoms with Crippen LogP contribution in [0.25, 0.3) is 0 Å². The maximum Gasteiger partial charge on any atom is 0.244 e. The molecule has 0 aromatic heterocycles. The van der Waals surface area contributed by atoms with Gasteiger partial charge in [0.25, 0.3) is 0 Å². The van der Waals surface area contributed by atoms with Crippen LogP contribution in [0, 0.1) is 6.92 Å². The molecule has 1 N–H and O–H groups in total. The van der Waals surface area contributed by atoms with Crippen molar-refractivity contribution in [2.45, 2.75) is 20.4 Å². The lowest BCUT2D eigenvalue weighted by molar-refractivity contribution is -0.133. The second-order valence-corrected chi connectivity index (χ2v) is 5.64. The van der Waals surface area contributed by atoms with Gasteiger partial charge in [-0.3, -0.25) is 9.59 Å². The number of carbonyl (C=O) groups excluding carboxylic acids is 2. The van der Waals surface area contributed by atoms with E-state index in [2.05, 4.69) is 5.32 Å². The number of nitrogens with zero attached hydrogens (tertiary/aromatic N) is 1. The van der Waals surface area contributed by atoms with E-state index in [1.54, 1.807) is 31.4 Å². The average Bonchev–Trinajstić information content (AvgIpc) is 2.55. The number of rotatable bonds is 6. The van der Waals surface area contributed by atoms with Crippen molar-refractivity contribution in [3.05, 3.63) is 59.7 Å². The standard InChI is InChI=1S/C19H22N2O3/c1-14-5-4-6-16(11-14)12-21(15(2)22)13-19(23)20-17-7-9-18(24-3)10-8-17/h4-11H,12-13H2,1-3H3,(H,20,23). The summed E-state index contributed by atoms with van der Waals surface area (Å²) in [6.45, 7) is 3.89. The van der Waals surface area contributed by atoms with Gasteiger partial charge in [-0.25, -0.2) is 0 Å². The molecule has 0 atom stereocenters. The molecule has 0 radical (unpaired) electrons. The van der Waals surface area contributed by atoms with Gasteiger partial charge in [-0.1, -0.05) is 29.8 Å². The zero-order valence-electron chi connectivity index (χ0n) is 14.2. The summed E-state index contributed by atoms with van der Waals surface area (Å²) in [6, 6.07) is 15.0. The first-order valence-corrected chi connectivity index (χ1v) is 7.73. The molecule has 5 nitrogen and oxygen atoms in total. The van der Waals surface area contributed by atoms with Crippen molar-refractivity contribution < 1.29 is 14.3 Å². The SMILES string of the molecule is COc1ccc(NC(=O)CN(Cc2cccc(C)c2)C(C)=O)cc1. The summed E-state index contributed by atoms with van der Waals surface area (Å²) in [6.07, 6.45) is 0. The van der Waals surface area contributed by atoms with Gasteiger partial charge in [-0.05, 0) is 36.8 Å². The predicted octanol–water partition coefficient (Wildman–Crippen LogP) is 2.99. The molecule has 0 aliphatic carbocycles. The summed E-state index contributed by atoms with van der Waals surface area (Å²) in [5.41, 5.74) is 2.79. The summed E-state index contributed by atoms with van der Waals surface area (Å²) in [4.78, 5) is 25.6. The number of amides is 2.